The van der Waals surface area contributed by atoms with E-state index in [9.17, 15) is 17.5 Å². The first-order chi connectivity index (χ1) is 11.9. The van der Waals surface area contributed by atoms with E-state index >= 15 is 0 Å². The molecule has 4 N–H and O–H groups in total. The summed E-state index contributed by atoms with van der Waals surface area (Å²) in [5.41, 5.74) is 5.85. The van der Waals surface area contributed by atoms with Crippen molar-refractivity contribution in [1.82, 2.24) is 0 Å². The second-order valence-electron chi connectivity index (χ2n) is 5.87. The van der Waals surface area contributed by atoms with Crippen LogP contribution in [0.25, 0.3) is 0 Å². The minimum absolute atomic E-state index is 0.173. The highest BCUT2D eigenvalue weighted by atomic mass is 32.3. The summed E-state index contributed by atoms with van der Waals surface area (Å²) in [4.78, 5) is 0.425. The first-order valence-corrected chi connectivity index (χ1v) is 11.1. The molecule has 0 aliphatic carbocycles. The van der Waals surface area contributed by atoms with E-state index in [4.69, 9.17) is 10.5 Å². The van der Waals surface area contributed by atoms with Crippen molar-refractivity contribution in [3.8, 4) is 5.75 Å². The highest BCUT2D eigenvalue weighted by Gasteiger charge is 2.43. The number of ether oxygens (including phenoxy) is 1. The summed E-state index contributed by atoms with van der Waals surface area (Å²) >= 11 is 0. The second kappa shape index (κ2) is 6.97. The molecule has 1 unspecified atom stereocenters. The summed E-state index contributed by atoms with van der Waals surface area (Å²) in [7, 11) is -6.90. The maximum Gasteiger partial charge on any atom is 0.187 e. The second-order valence-corrected chi connectivity index (χ2v) is 10.1. The van der Waals surface area contributed by atoms with E-state index < -0.39 is 25.7 Å². The van der Waals surface area contributed by atoms with Gasteiger partial charge in [-0.1, -0.05) is 24.3 Å². The maximum absolute atomic E-state index is 12.9. The van der Waals surface area contributed by atoms with E-state index in [1.807, 2.05) is 0 Å². The van der Waals surface area contributed by atoms with Crippen LogP contribution in [0.1, 0.15) is 17.2 Å². The monoisotopic (exact) mass is 383 g/mol. The van der Waals surface area contributed by atoms with Crippen LogP contribution in [-0.2, 0) is 9.84 Å². The zero-order chi connectivity index (χ0) is 18.1. The predicted molar refractivity (Wildman–Crippen MR) is 98.0 cm³/mol. The van der Waals surface area contributed by atoms with Gasteiger partial charge >= 0.3 is 0 Å². The molecule has 136 valence electrons. The topological polar surface area (TPSA) is 110 Å². The Bertz CT molecular complexity index is 853. The first-order valence-electron chi connectivity index (χ1n) is 7.88. The fraction of sp³-hybridized carbons (Fsp3) is 0.294. The van der Waals surface area contributed by atoms with Gasteiger partial charge in [-0.2, -0.15) is 10.6 Å². The lowest BCUT2D eigenvalue weighted by molar-refractivity contribution is 0.312. The molecule has 0 saturated carbocycles. The summed E-state index contributed by atoms with van der Waals surface area (Å²) in [6.45, 7) is 0.914. The smallest absolute Gasteiger partial charge is 0.187 e. The Kier molecular flexibility index (Phi) is 5.08. The molecule has 3 rings (SSSR count). The van der Waals surface area contributed by atoms with Gasteiger partial charge in [0.2, 0.25) is 0 Å². The third-order valence-electron chi connectivity index (χ3n) is 4.13. The van der Waals surface area contributed by atoms with Gasteiger partial charge in [-0.25, -0.2) is 8.42 Å². The molecule has 2 aromatic carbocycles. The lowest BCUT2D eigenvalue weighted by Gasteiger charge is -2.27. The number of hydrogen-bond donors (Lipinski definition) is 3. The number of nitrogens with two attached hydrogens (primary N) is 1. The van der Waals surface area contributed by atoms with E-state index in [2.05, 4.69) is 0 Å². The van der Waals surface area contributed by atoms with Crippen LogP contribution in [0.3, 0.4) is 0 Å². The van der Waals surface area contributed by atoms with Gasteiger partial charge in [-0.05, 0) is 36.7 Å². The predicted octanol–water partition coefficient (Wildman–Crippen LogP) is 3.05. The minimum atomic E-state index is -3.71. The van der Waals surface area contributed by atoms with Crippen molar-refractivity contribution in [3.63, 3.8) is 0 Å². The van der Waals surface area contributed by atoms with Crippen LogP contribution in [0.5, 0.6) is 5.75 Å². The van der Waals surface area contributed by atoms with Crippen LogP contribution in [0.15, 0.2) is 58.3 Å². The van der Waals surface area contributed by atoms with Crippen LogP contribution in [0.4, 0.5) is 0 Å². The third kappa shape index (κ3) is 3.54. The van der Waals surface area contributed by atoms with Gasteiger partial charge in [0.15, 0.2) is 9.84 Å². The van der Waals surface area contributed by atoms with Crippen LogP contribution in [-0.4, -0.2) is 36.4 Å². The van der Waals surface area contributed by atoms with Crippen LogP contribution in [0, 0.1) is 0 Å². The van der Waals surface area contributed by atoms with E-state index in [0.29, 0.717) is 30.9 Å². The van der Waals surface area contributed by atoms with E-state index in [-0.39, 0.29) is 15.5 Å². The highest BCUT2D eigenvalue weighted by molar-refractivity contribution is 8.25. The van der Waals surface area contributed by atoms with Gasteiger partial charge in [-0.3, -0.25) is 9.11 Å². The molecule has 1 aliphatic heterocycles. The molecule has 0 fully saturated rings. The number of rotatable bonds is 6. The summed E-state index contributed by atoms with van der Waals surface area (Å²) in [5, 5.41) is -0.979. The number of hydrogen-bond acceptors (Lipinski definition) is 6. The standard InChI is InChI=1S/C17H21NO5S2/c18-9-4-10-23-13-7-8-15-16(11-13)24(19,20)12-17(15)25(21,22)14-5-2-1-3-6-14/h1-3,5-8,11,17,19-20H,4,9-10,12,18H2. The molecule has 0 saturated heterocycles. The Morgan fingerprint density at radius 3 is 2.56 bits per heavy atom. The van der Waals surface area contributed by atoms with E-state index in [1.54, 1.807) is 30.3 Å². The molecule has 1 aliphatic rings. The molecule has 0 radical (unpaired) electrons. The fourth-order valence-corrected chi connectivity index (χ4v) is 7.29. The average Bonchev–Trinajstić information content (AvgIpc) is 2.88. The molecule has 1 heterocycles. The van der Waals surface area contributed by atoms with E-state index in [1.165, 1.54) is 18.2 Å². The number of sulfone groups is 1. The van der Waals surface area contributed by atoms with Crippen molar-refractivity contribution in [2.45, 2.75) is 21.5 Å². The van der Waals surface area contributed by atoms with Crippen molar-refractivity contribution >= 4 is 20.4 Å². The zero-order valence-electron chi connectivity index (χ0n) is 13.5. The molecular formula is C17H21NO5S2. The lowest BCUT2D eigenvalue weighted by atomic mass is 10.1. The quantitative estimate of drug-likeness (QED) is 0.661. The Balaban J connectivity index is 1.97. The molecule has 25 heavy (non-hydrogen) atoms. The molecule has 0 amide bonds. The zero-order valence-corrected chi connectivity index (χ0v) is 15.2. The van der Waals surface area contributed by atoms with Gasteiger partial charge in [-0.15, -0.1) is 0 Å². The van der Waals surface area contributed by atoms with Crippen molar-refractivity contribution in [3.05, 3.63) is 54.1 Å². The van der Waals surface area contributed by atoms with Crippen LogP contribution >= 0.6 is 10.6 Å². The first kappa shape index (κ1) is 18.2. The molecule has 2 aromatic rings. The molecule has 6 nitrogen and oxygen atoms in total. The molecule has 8 heteroatoms. The number of fused-ring (bicyclic) bond motifs is 1. The summed E-state index contributed by atoms with van der Waals surface area (Å²) in [6, 6.07) is 12.9. The fourth-order valence-electron chi connectivity index (χ4n) is 2.85. The highest BCUT2D eigenvalue weighted by Crippen LogP contribution is 2.61. The Morgan fingerprint density at radius 2 is 1.88 bits per heavy atom. The summed E-state index contributed by atoms with van der Waals surface area (Å²) in [6.07, 6.45) is 0.679. The average molecular weight is 383 g/mol. The van der Waals surface area contributed by atoms with Crippen molar-refractivity contribution < 1.29 is 22.3 Å². The van der Waals surface area contributed by atoms with Crippen molar-refractivity contribution in [2.75, 3.05) is 18.9 Å². The molecule has 0 spiro atoms. The molecule has 1 atom stereocenters. The Labute approximate surface area is 148 Å². The largest absolute Gasteiger partial charge is 0.493 e. The maximum atomic E-state index is 12.9. The normalized spacial score (nSPS) is 20.0. The van der Waals surface area contributed by atoms with Gasteiger partial charge in [0.05, 0.1) is 22.2 Å². The molecule has 0 aromatic heterocycles. The van der Waals surface area contributed by atoms with Gasteiger partial charge < -0.3 is 10.5 Å². The molecule has 0 bridgehead atoms. The van der Waals surface area contributed by atoms with Gasteiger partial charge in [0, 0.05) is 6.07 Å². The van der Waals surface area contributed by atoms with Crippen molar-refractivity contribution in [2.24, 2.45) is 5.73 Å². The third-order valence-corrected chi connectivity index (χ3v) is 8.30. The van der Waals surface area contributed by atoms with Crippen LogP contribution in [0.2, 0.25) is 0 Å². The Morgan fingerprint density at radius 1 is 1.16 bits per heavy atom. The van der Waals surface area contributed by atoms with E-state index in [0.717, 1.165) is 0 Å². The SMILES string of the molecule is NCCCOc1ccc2c(c1)S(O)(O)CC2S(=O)(=O)c1ccccc1. The van der Waals surface area contributed by atoms with Crippen LogP contribution < -0.4 is 10.5 Å². The Hall–Kier alpha value is -1.58. The summed E-state index contributed by atoms with van der Waals surface area (Å²) in [5.74, 6) is 0.246. The van der Waals surface area contributed by atoms with Gasteiger partial charge in [0.25, 0.3) is 0 Å². The summed E-state index contributed by atoms with van der Waals surface area (Å²) < 4.78 is 52.2. The lowest BCUT2D eigenvalue weighted by Crippen LogP contribution is -2.15. The van der Waals surface area contributed by atoms with Gasteiger partial charge in [0.1, 0.15) is 11.0 Å². The van der Waals surface area contributed by atoms with Crippen molar-refractivity contribution in [1.29, 1.82) is 0 Å². The number of benzene rings is 2. The minimum Gasteiger partial charge on any atom is -0.493 e. The molecular weight excluding hydrogens is 362 g/mol.